The molecule has 4 amide bonds. The number of hydrogen-bond acceptors (Lipinski definition) is 13. The van der Waals surface area contributed by atoms with Crippen molar-refractivity contribution in [1.82, 2.24) is 20.0 Å². The summed E-state index contributed by atoms with van der Waals surface area (Å²) in [5.74, 6) is -3.40. The number of alkyl carbamates (subject to hydrolysis) is 1. The van der Waals surface area contributed by atoms with Gasteiger partial charge in [0.25, 0.3) is 11.4 Å². The van der Waals surface area contributed by atoms with Crippen LogP contribution in [0.15, 0.2) is 59.1 Å². The van der Waals surface area contributed by atoms with Crippen molar-refractivity contribution in [2.24, 2.45) is 11.8 Å². The fraction of sp³-hybridized carbons (Fsp3) is 0.457. The van der Waals surface area contributed by atoms with E-state index in [9.17, 15) is 54.4 Å². The van der Waals surface area contributed by atoms with E-state index in [0.29, 0.717) is 22.5 Å². The number of carbonyl (C=O) groups excluding carboxylic acids is 4. The van der Waals surface area contributed by atoms with Crippen LogP contribution in [0.25, 0.3) is 0 Å². The Hall–Kier alpha value is -5.76. The van der Waals surface area contributed by atoms with E-state index >= 15 is 0 Å². The molecule has 3 fully saturated rings. The Bertz CT molecular complexity index is 1920. The number of carboxylic acid groups (broad SMARTS) is 1. The van der Waals surface area contributed by atoms with E-state index in [-0.39, 0.29) is 56.3 Å². The molecule has 2 aromatic carbocycles. The number of aliphatic carboxylic acids is 1. The highest BCUT2D eigenvalue weighted by Crippen LogP contribution is 2.52. The molecule has 0 unspecified atom stereocenters. The van der Waals surface area contributed by atoms with Crippen LogP contribution in [0, 0.1) is 32.1 Å². The smallest absolute Gasteiger partial charge is 0.410 e. The van der Waals surface area contributed by atoms with E-state index in [1.807, 2.05) is 0 Å². The number of aliphatic hydroxyl groups is 1. The highest BCUT2D eigenvalue weighted by atomic mass is 32.2. The summed E-state index contributed by atoms with van der Waals surface area (Å²) in [6.45, 7) is 3.23. The van der Waals surface area contributed by atoms with Gasteiger partial charge in [0.15, 0.2) is 0 Å². The Kier molecular flexibility index (Phi) is 11.3. The number of amides is 4. The molecule has 0 aromatic heterocycles. The molecule has 0 bridgehead atoms. The largest absolute Gasteiger partial charge is 0.477 e. The van der Waals surface area contributed by atoms with Crippen LogP contribution in [0.5, 0.6) is 0 Å². The van der Waals surface area contributed by atoms with Gasteiger partial charge >= 0.3 is 18.2 Å². The first-order chi connectivity index (χ1) is 26.1. The molecule has 3 saturated heterocycles. The van der Waals surface area contributed by atoms with Crippen molar-refractivity contribution in [3.8, 4) is 0 Å². The molecule has 7 atom stereocenters. The summed E-state index contributed by atoms with van der Waals surface area (Å²) < 4.78 is 10.8. The lowest BCUT2D eigenvalue weighted by Gasteiger charge is -2.46. The summed E-state index contributed by atoms with van der Waals surface area (Å²) in [5, 5.41) is 44.5. The Morgan fingerprint density at radius 1 is 0.964 bits per heavy atom. The van der Waals surface area contributed by atoms with Crippen molar-refractivity contribution in [2.75, 3.05) is 19.6 Å². The number of nitro benzene ring substituents is 2. The number of carbonyl (C=O) groups is 5. The fourth-order valence-electron chi connectivity index (χ4n) is 7.48. The van der Waals surface area contributed by atoms with Gasteiger partial charge in [-0.15, -0.1) is 11.8 Å². The van der Waals surface area contributed by atoms with Crippen LogP contribution in [0.2, 0.25) is 0 Å². The molecular weight excluding hydrogens is 744 g/mol. The second kappa shape index (κ2) is 15.9. The minimum atomic E-state index is -1.30. The minimum Gasteiger partial charge on any atom is -0.477 e. The van der Waals surface area contributed by atoms with Gasteiger partial charge in [0.2, 0.25) is 11.8 Å². The molecule has 0 aliphatic carbocycles. The van der Waals surface area contributed by atoms with Crippen molar-refractivity contribution >= 4 is 53.1 Å². The Balaban J connectivity index is 1.13. The van der Waals surface area contributed by atoms with Crippen LogP contribution >= 0.6 is 11.8 Å². The molecule has 4 aliphatic rings. The predicted molar refractivity (Wildman–Crippen MR) is 191 cm³/mol. The molecule has 55 heavy (non-hydrogen) atoms. The van der Waals surface area contributed by atoms with Crippen molar-refractivity contribution < 1.29 is 53.5 Å². The molecule has 0 spiro atoms. The predicted octanol–water partition coefficient (Wildman–Crippen LogP) is 3.00. The maximum Gasteiger partial charge on any atom is 0.410 e. The van der Waals surface area contributed by atoms with Gasteiger partial charge in [-0.3, -0.25) is 34.7 Å². The number of likely N-dealkylation sites (tertiary alicyclic amines) is 2. The number of fused-ring (bicyclic) bond motifs is 1. The molecule has 3 N–H and O–H groups in total. The molecule has 4 heterocycles. The van der Waals surface area contributed by atoms with E-state index < -0.39 is 81.1 Å². The average Bonchev–Trinajstić information content (AvgIpc) is 3.85. The summed E-state index contributed by atoms with van der Waals surface area (Å²) in [6, 6.07) is 8.91. The third-order valence-corrected chi connectivity index (χ3v) is 11.7. The van der Waals surface area contributed by atoms with Crippen molar-refractivity contribution in [1.29, 1.82) is 0 Å². The second-order valence-electron chi connectivity index (χ2n) is 13.8. The zero-order valence-corrected chi connectivity index (χ0v) is 30.5. The molecule has 4 aliphatic heterocycles. The van der Waals surface area contributed by atoms with Gasteiger partial charge in [-0.25, -0.2) is 14.4 Å². The average molecular weight is 783 g/mol. The summed E-state index contributed by atoms with van der Waals surface area (Å²) in [4.78, 5) is 90.7. The quantitative estimate of drug-likeness (QED) is 0.159. The lowest BCUT2D eigenvalue weighted by Crippen LogP contribution is -2.63. The summed E-state index contributed by atoms with van der Waals surface area (Å²) in [6.07, 6.45) is -2.07. The van der Waals surface area contributed by atoms with Crippen LogP contribution < -0.4 is 5.32 Å². The van der Waals surface area contributed by atoms with Crippen LogP contribution in [0.1, 0.15) is 37.8 Å². The number of ether oxygens (including phenoxy) is 2. The summed E-state index contributed by atoms with van der Waals surface area (Å²) >= 11 is 1.17. The number of nitrogens with one attached hydrogen (secondary N) is 1. The monoisotopic (exact) mass is 782 g/mol. The number of benzene rings is 2. The third kappa shape index (κ3) is 8.04. The number of hydrogen-bond donors (Lipinski definition) is 3. The van der Waals surface area contributed by atoms with E-state index in [1.165, 1.54) is 81.9 Å². The maximum absolute atomic E-state index is 14.1. The van der Waals surface area contributed by atoms with Gasteiger partial charge in [-0.1, -0.05) is 6.92 Å². The van der Waals surface area contributed by atoms with Crippen molar-refractivity contribution in [3.63, 3.8) is 0 Å². The van der Waals surface area contributed by atoms with Crippen molar-refractivity contribution in [2.45, 2.75) is 69.4 Å². The summed E-state index contributed by atoms with van der Waals surface area (Å²) in [5.41, 5.74) is 0.586. The number of thioether (sulfide) groups is 1. The number of non-ortho nitro benzene ring substituents is 2. The van der Waals surface area contributed by atoms with Crippen molar-refractivity contribution in [3.05, 3.63) is 90.5 Å². The standard InChI is InChI=1S/C35H38N6O13S/c1-18-28-27(19(2)42)32(44)39(28)29(33(45)46)30(18)55-25-13-26(38(15-25)35(48)54-17-21-5-9-24(10-6-21)41(51)52)31(43)37-12-11-22(14-37)36-34(47)53-16-20-3-7-23(8-4-20)40(49)50/h3-10,18-19,22,25-28,42H,11-17H2,1-2H3,(H,36,47)(H,45,46)/t18-,19-,22+,25+,26+,27-,28-/m1/s1. The lowest BCUT2D eigenvalue weighted by atomic mass is 9.79. The maximum atomic E-state index is 14.1. The lowest BCUT2D eigenvalue weighted by molar-refractivity contribution is -0.385. The number of β-lactam (4-membered cyclic amide) rings is 1. The van der Waals surface area contributed by atoms with Crippen LogP contribution in [-0.4, -0.2) is 114 Å². The van der Waals surface area contributed by atoms with Gasteiger partial charge in [-0.05, 0) is 55.2 Å². The highest BCUT2D eigenvalue weighted by Gasteiger charge is 2.60. The van der Waals surface area contributed by atoms with Gasteiger partial charge in [0, 0.05) is 60.0 Å². The van der Waals surface area contributed by atoms with Gasteiger partial charge in [0.1, 0.15) is 25.0 Å². The molecule has 20 heteroatoms. The molecule has 19 nitrogen and oxygen atoms in total. The minimum absolute atomic E-state index is 0.00772. The van der Waals surface area contributed by atoms with Crippen LogP contribution in [0.3, 0.4) is 0 Å². The first-order valence-electron chi connectivity index (χ1n) is 17.4. The number of carboxylic acids is 1. The van der Waals surface area contributed by atoms with Crippen LogP contribution in [-0.2, 0) is 37.1 Å². The SMILES string of the molecule is C[C@@H](O)[C@H]1C(=O)N2C(C(=O)O)=C(S[C@H]3C[C@@H](C(=O)N4CC[C@H](NC(=O)OCc5ccc([N+](=O)[O-])cc5)C4)N(C(=O)OCc4ccc([N+](=O)[O-])cc4)C3)[C@H](C)[C@H]12. The van der Waals surface area contributed by atoms with Gasteiger partial charge in [0.05, 0.1) is 34.0 Å². The molecule has 0 saturated carbocycles. The van der Waals surface area contributed by atoms with Gasteiger partial charge in [-0.2, -0.15) is 0 Å². The number of nitrogens with zero attached hydrogens (tertiary/aromatic N) is 5. The topological polar surface area (TPSA) is 252 Å². The Morgan fingerprint density at radius 3 is 2.09 bits per heavy atom. The van der Waals surface area contributed by atoms with Gasteiger partial charge < -0.3 is 34.8 Å². The fourth-order valence-corrected chi connectivity index (χ4v) is 9.00. The Morgan fingerprint density at radius 2 is 1.55 bits per heavy atom. The first-order valence-corrected chi connectivity index (χ1v) is 18.3. The summed E-state index contributed by atoms with van der Waals surface area (Å²) in [7, 11) is 0. The first kappa shape index (κ1) is 38.9. The molecule has 292 valence electrons. The molecular formula is C35H38N6O13S. The highest BCUT2D eigenvalue weighted by molar-refractivity contribution is 8.03. The normalized spacial score (nSPS) is 24.9. The number of aliphatic hydroxyl groups excluding tert-OH is 1. The third-order valence-electron chi connectivity index (χ3n) is 10.2. The molecule has 0 radical (unpaired) electrons. The van der Waals surface area contributed by atoms with E-state index in [0.717, 1.165) is 0 Å². The number of rotatable bonds is 12. The Labute approximate surface area is 317 Å². The second-order valence-corrected chi connectivity index (χ2v) is 15.1. The zero-order chi connectivity index (χ0) is 39.7. The molecule has 2 aromatic rings. The van der Waals surface area contributed by atoms with E-state index in [1.54, 1.807) is 6.92 Å². The molecule has 6 rings (SSSR count). The zero-order valence-electron chi connectivity index (χ0n) is 29.6. The van der Waals surface area contributed by atoms with E-state index in [4.69, 9.17) is 9.47 Å². The van der Waals surface area contributed by atoms with E-state index in [2.05, 4.69) is 5.32 Å². The van der Waals surface area contributed by atoms with Crippen LogP contribution in [0.4, 0.5) is 21.0 Å². The number of nitro groups is 2.